The van der Waals surface area contributed by atoms with Crippen LogP contribution in [0.3, 0.4) is 0 Å². The van der Waals surface area contributed by atoms with E-state index in [-0.39, 0.29) is 0 Å². The van der Waals surface area contributed by atoms with Gasteiger partial charge < -0.3 is 20.0 Å². The SMILES string of the molecule is C=CCn1c(CN)nnc1SCc1nncn1C.CC(=O)O. The molecule has 0 unspecified atom stereocenters. The molecule has 0 aliphatic rings. The third-order valence-electron chi connectivity index (χ3n) is 2.42. The lowest BCUT2D eigenvalue weighted by Gasteiger charge is -2.05. The van der Waals surface area contributed by atoms with E-state index in [4.69, 9.17) is 15.6 Å². The van der Waals surface area contributed by atoms with E-state index in [0.29, 0.717) is 18.8 Å². The third-order valence-corrected chi connectivity index (χ3v) is 3.39. The van der Waals surface area contributed by atoms with Crippen LogP contribution in [-0.2, 0) is 30.7 Å². The van der Waals surface area contributed by atoms with E-state index in [1.165, 1.54) is 0 Å². The van der Waals surface area contributed by atoms with Crippen molar-refractivity contribution in [2.75, 3.05) is 0 Å². The first-order chi connectivity index (χ1) is 10.5. The summed E-state index contributed by atoms with van der Waals surface area (Å²) in [5, 5.41) is 24.3. The average molecular weight is 325 g/mol. The molecule has 2 aromatic heterocycles. The third kappa shape index (κ3) is 5.30. The van der Waals surface area contributed by atoms with Crippen molar-refractivity contribution in [3.8, 4) is 0 Å². The summed E-state index contributed by atoms with van der Waals surface area (Å²) in [5.41, 5.74) is 5.62. The highest BCUT2D eigenvalue weighted by atomic mass is 32.2. The normalized spacial score (nSPS) is 9.95. The van der Waals surface area contributed by atoms with Crippen LogP contribution in [0, 0.1) is 0 Å². The zero-order valence-electron chi connectivity index (χ0n) is 12.5. The van der Waals surface area contributed by atoms with Crippen molar-refractivity contribution in [2.45, 2.75) is 30.9 Å². The van der Waals surface area contributed by atoms with Gasteiger partial charge in [0.05, 0.1) is 12.3 Å². The van der Waals surface area contributed by atoms with Gasteiger partial charge >= 0.3 is 0 Å². The Hall–Kier alpha value is -2.20. The summed E-state index contributed by atoms with van der Waals surface area (Å²) < 4.78 is 3.83. The zero-order valence-corrected chi connectivity index (χ0v) is 13.3. The van der Waals surface area contributed by atoms with E-state index in [1.54, 1.807) is 24.2 Å². The van der Waals surface area contributed by atoms with Crippen molar-refractivity contribution >= 4 is 17.7 Å². The van der Waals surface area contributed by atoms with Gasteiger partial charge in [0.2, 0.25) is 0 Å². The Morgan fingerprint density at radius 3 is 2.64 bits per heavy atom. The number of aryl methyl sites for hydroxylation is 1. The molecule has 9 nitrogen and oxygen atoms in total. The molecule has 0 saturated carbocycles. The first-order valence-corrected chi connectivity index (χ1v) is 7.36. The molecule has 0 bridgehead atoms. The summed E-state index contributed by atoms with van der Waals surface area (Å²) in [4.78, 5) is 9.00. The number of carboxylic acid groups (broad SMARTS) is 1. The van der Waals surface area contributed by atoms with Gasteiger partial charge in [-0.1, -0.05) is 17.8 Å². The average Bonchev–Trinajstić information content (AvgIpc) is 3.03. The summed E-state index contributed by atoms with van der Waals surface area (Å²) in [6.45, 7) is 5.83. The minimum atomic E-state index is -0.833. The highest BCUT2D eigenvalue weighted by molar-refractivity contribution is 7.98. The number of nitrogens with two attached hydrogens (primary N) is 1. The molecule has 0 atom stereocenters. The maximum absolute atomic E-state index is 9.00. The van der Waals surface area contributed by atoms with Crippen molar-refractivity contribution < 1.29 is 9.90 Å². The lowest BCUT2D eigenvalue weighted by molar-refractivity contribution is -0.134. The minimum Gasteiger partial charge on any atom is -0.481 e. The summed E-state index contributed by atoms with van der Waals surface area (Å²) >= 11 is 1.56. The zero-order chi connectivity index (χ0) is 16.5. The van der Waals surface area contributed by atoms with Gasteiger partial charge in [-0.15, -0.1) is 27.0 Å². The summed E-state index contributed by atoms with van der Waals surface area (Å²) in [6.07, 6.45) is 3.48. The number of aromatic nitrogens is 6. The van der Waals surface area contributed by atoms with Crippen LogP contribution in [0.25, 0.3) is 0 Å². The van der Waals surface area contributed by atoms with Crippen molar-refractivity contribution in [1.82, 2.24) is 29.5 Å². The summed E-state index contributed by atoms with van der Waals surface area (Å²) in [7, 11) is 1.91. The number of hydrogen-bond acceptors (Lipinski definition) is 7. The second-order valence-corrected chi connectivity index (χ2v) is 5.11. The molecular formula is C12H19N7O2S. The Morgan fingerprint density at radius 1 is 1.45 bits per heavy atom. The molecule has 2 rings (SSSR count). The maximum atomic E-state index is 9.00. The first kappa shape index (κ1) is 17.9. The van der Waals surface area contributed by atoms with Gasteiger partial charge in [0, 0.05) is 20.5 Å². The molecule has 22 heavy (non-hydrogen) atoms. The number of thioether (sulfide) groups is 1. The number of nitrogens with zero attached hydrogens (tertiary/aromatic N) is 6. The summed E-state index contributed by atoms with van der Waals surface area (Å²) in [5.74, 6) is 1.51. The smallest absolute Gasteiger partial charge is 0.300 e. The van der Waals surface area contributed by atoms with Crippen molar-refractivity contribution in [3.63, 3.8) is 0 Å². The molecule has 2 aromatic rings. The Balaban J connectivity index is 0.000000541. The first-order valence-electron chi connectivity index (χ1n) is 6.37. The van der Waals surface area contributed by atoms with E-state index in [9.17, 15) is 0 Å². The minimum absolute atomic E-state index is 0.366. The fourth-order valence-corrected chi connectivity index (χ4v) is 2.41. The molecule has 0 spiro atoms. The number of hydrogen-bond donors (Lipinski definition) is 2. The molecule has 0 saturated heterocycles. The molecule has 10 heteroatoms. The molecule has 0 aliphatic heterocycles. The highest BCUT2D eigenvalue weighted by Crippen LogP contribution is 2.20. The predicted molar refractivity (Wildman–Crippen MR) is 82.0 cm³/mol. The molecule has 3 N–H and O–H groups in total. The van der Waals surface area contributed by atoms with Gasteiger partial charge in [0.25, 0.3) is 5.97 Å². The van der Waals surface area contributed by atoms with Crippen molar-refractivity contribution in [1.29, 1.82) is 0 Å². The van der Waals surface area contributed by atoms with E-state index >= 15 is 0 Å². The van der Waals surface area contributed by atoms with Gasteiger partial charge in [0.15, 0.2) is 5.16 Å². The Kier molecular flexibility index (Phi) is 7.26. The topological polar surface area (TPSA) is 125 Å². The Morgan fingerprint density at radius 2 is 2.14 bits per heavy atom. The van der Waals surface area contributed by atoms with Crippen LogP contribution in [0.5, 0.6) is 0 Å². The van der Waals surface area contributed by atoms with Crippen molar-refractivity contribution in [3.05, 3.63) is 30.6 Å². The van der Waals surface area contributed by atoms with E-state index in [2.05, 4.69) is 27.0 Å². The predicted octanol–water partition coefficient (Wildman–Crippen LogP) is 0.434. The van der Waals surface area contributed by atoms with Crippen molar-refractivity contribution in [2.24, 2.45) is 12.8 Å². The molecule has 0 radical (unpaired) electrons. The number of rotatable bonds is 6. The fourth-order valence-electron chi connectivity index (χ4n) is 1.46. The molecule has 0 aliphatic carbocycles. The molecule has 120 valence electrons. The van der Waals surface area contributed by atoms with Gasteiger partial charge in [-0.05, 0) is 0 Å². The van der Waals surface area contributed by atoms with Crippen LogP contribution in [-0.4, -0.2) is 40.6 Å². The largest absolute Gasteiger partial charge is 0.481 e. The van der Waals surface area contributed by atoms with Crippen LogP contribution >= 0.6 is 11.8 Å². The lowest BCUT2D eigenvalue weighted by Crippen LogP contribution is -2.08. The maximum Gasteiger partial charge on any atom is 0.300 e. The molecule has 0 fully saturated rings. The quantitative estimate of drug-likeness (QED) is 0.579. The van der Waals surface area contributed by atoms with E-state index in [0.717, 1.165) is 23.7 Å². The van der Waals surface area contributed by atoms with Gasteiger partial charge in [-0.25, -0.2) is 0 Å². The van der Waals surface area contributed by atoms with Crippen LogP contribution in [0.4, 0.5) is 0 Å². The van der Waals surface area contributed by atoms with Gasteiger partial charge in [-0.2, -0.15) is 0 Å². The Bertz CT molecular complexity index is 619. The number of carbonyl (C=O) groups is 1. The van der Waals surface area contributed by atoms with Gasteiger partial charge in [-0.3, -0.25) is 4.79 Å². The fraction of sp³-hybridized carbons (Fsp3) is 0.417. The number of allylic oxidation sites excluding steroid dienone is 1. The highest BCUT2D eigenvalue weighted by Gasteiger charge is 2.11. The standard InChI is InChI=1S/C10H15N7S.C2H4O2/c1-3-4-17-8(5-11)14-15-10(17)18-6-9-13-12-7-16(9)2;1-2(3)4/h3,7H,1,4-6,11H2,2H3;1H3,(H,3,4). The molecule has 2 heterocycles. The lowest BCUT2D eigenvalue weighted by atomic mass is 10.5. The van der Waals surface area contributed by atoms with Crippen LogP contribution in [0.1, 0.15) is 18.6 Å². The van der Waals surface area contributed by atoms with E-state index < -0.39 is 5.97 Å². The number of aliphatic carboxylic acids is 1. The molecular weight excluding hydrogens is 306 g/mol. The molecule has 0 amide bonds. The second-order valence-electron chi connectivity index (χ2n) is 4.17. The second kappa shape index (κ2) is 8.95. The number of carboxylic acids is 1. The van der Waals surface area contributed by atoms with Gasteiger partial charge in [0.1, 0.15) is 18.0 Å². The van der Waals surface area contributed by atoms with Crippen LogP contribution in [0.15, 0.2) is 24.1 Å². The van der Waals surface area contributed by atoms with Crippen LogP contribution in [0.2, 0.25) is 0 Å². The monoisotopic (exact) mass is 325 g/mol. The van der Waals surface area contributed by atoms with Crippen LogP contribution < -0.4 is 5.73 Å². The molecule has 0 aromatic carbocycles. The van der Waals surface area contributed by atoms with E-state index in [1.807, 2.05) is 16.2 Å². The Labute approximate surface area is 132 Å². The summed E-state index contributed by atoms with van der Waals surface area (Å²) in [6, 6.07) is 0.